The molecule has 0 spiro atoms. The molecule has 1 fully saturated rings. The molecule has 2 rings (SSSR count). The summed E-state index contributed by atoms with van der Waals surface area (Å²) in [7, 11) is 0. The standard InChI is InChI=1S/C13H18BrN3O2/c1-13(2,3)19-12(18)17-6-4-5-10(17)9-7-16-11(14)8-15-9/h7-8,10H,4-6H2,1-3H3. The fourth-order valence-electron chi connectivity index (χ4n) is 2.11. The highest BCUT2D eigenvalue weighted by atomic mass is 79.9. The van der Waals surface area contributed by atoms with E-state index in [4.69, 9.17) is 4.74 Å². The minimum atomic E-state index is -0.477. The van der Waals surface area contributed by atoms with Gasteiger partial charge in [0.2, 0.25) is 0 Å². The van der Waals surface area contributed by atoms with Crippen LogP contribution in [0, 0.1) is 0 Å². The number of ether oxygens (including phenoxy) is 1. The lowest BCUT2D eigenvalue weighted by Gasteiger charge is -2.28. The first-order chi connectivity index (χ1) is 8.87. The Hall–Kier alpha value is -1.17. The van der Waals surface area contributed by atoms with Crippen LogP contribution in [0.2, 0.25) is 0 Å². The molecule has 104 valence electrons. The van der Waals surface area contributed by atoms with E-state index in [2.05, 4.69) is 25.9 Å². The Labute approximate surface area is 121 Å². The Morgan fingerprint density at radius 1 is 1.42 bits per heavy atom. The number of rotatable bonds is 1. The smallest absolute Gasteiger partial charge is 0.410 e. The summed E-state index contributed by atoms with van der Waals surface area (Å²) in [6.45, 7) is 6.32. The minimum Gasteiger partial charge on any atom is -0.444 e. The van der Waals surface area contributed by atoms with Crippen LogP contribution >= 0.6 is 15.9 Å². The lowest BCUT2D eigenvalue weighted by atomic mass is 10.1. The molecule has 0 aromatic carbocycles. The predicted molar refractivity (Wildman–Crippen MR) is 74.6 cm³/mol. The molecule has 5 nitrogen and oxygen atoms in total. The molecule has 1 aromatic heterocycles. The topological polar surface area (TPSA) is 55.3 Å². The largest absolute Gasteiger partial charge is 0.444 e. The molecule has 1 atom stereocenters. The second-order valence-corrected chi connectivity index (χ2v) is 6.41. The summed E-state index contributed by atoms with van der Waals surface area (Å²) in [5, 5.41) is 0. The molecule has 1 amide bonds. The van der Waals surface area contributed by atoms with Crippen LogP contribution in [0.4, 0.5) is 4.79 Å². The Bertz CT molecular complexity index is 456. The van der Waals surface area contributed by atoms with Crippen LogP contribution in [-0.2, 0) is 4.74 Å². The third-order valence-electron chi connectivity index (χ3n) is 2.86. The Morgan fingerprint density at radius 2 is 2.16 bits per heavy atom. The van der Waals surface area contributed by atoms with Crippen LogP contribution < -0.4 is 0 Å². The molecule has 6 heteroatoms. The number of halogens is 1. The number of carbonyl (C=O) groups excluding carboxylic acids is 1. The summed E-state index contributed by atoms with van der Waals surface area (Å²) in [6.07, 6.45) is 4.94. The molecule has 0 saturated carbocycles. The fraction of sp³-hybridized carbons (Fsp3) is 0.615. The average molecular weight is 328 g/mol. The number of hydrogen-bond donors (Lipinski definition) is 0. The van der Waals surface area contributed by atoms with Gasteiger partial charge < -0.3 is 4.74 Å². The van der Waals surface area contributed by atoms with Gasteiger partial charge in [-0.2, -0.15) is 0 Å². The van der Waals surface area contributed by atoms with E-state index in [-0.39, 0.29) is 12.1 Å². The van der Waals surface area contributed by atoms with Crippen LogP contribution in [0.5, 0.6) is 0 Å². The summed E-state index contributed by atoms with van der Waals surface area (Å²) < 4.78 is 6.12. The molecule has 1 saturated heterocycles. The molecule has 0 N–H and O–H groups in total. The molecule has 19 heavy (non-hydrogen) atoms. The van der Waals surface area contributed by atoms with Gasteiger partial charge in [-0.05, 0) is 49.5 Å². The highest BCUT2D eigenvalue weighted by molar-refractivity contribution is 9.10. The maximum atomic E-state index is 12.2. The van der Waals surface area contributed by atoms with Crippen molar-refractivity contribution < 1.29 is 9.53 Å². The molecule has 2 heterocycles. The maximum Gasteiger partial charge on any atom is 0.410 e. The number of aromatic nitrogens is 2. The van der Waals surface area contributed by atoms with Gasteiger partial charge in [0.15, 0.2) is 0 Å². The van der Waals surface area contributed by atoms with Crippen molar-refractivity contribution in [2.45, 2.75) is 45.3 Å². The summed E-state index contributed by atoms with van der Waals surface area (Å²) in [5.74, 6) is 0. The van der Waals surface area contributed by atoms with Crippen molar-refractivity contribution in [1.29, 1.82) is 0 Å². The van der Waals surface area contributed by atoms with Crippen LogP contribution in [0.15, 0.2) is 17.0 Å². The van der Waals surface area contributed by atoms with E-state index < -0.39 is 5.60 Å². The van der Waals surface area contributed by atoms with Gasteiger partial charge in [0.05, 0.1) is 24.1 Å². The van der Waals surface area contributed by atoms with Gasteiger partial charge in [0, 0.05) is 6.54 Å². The number of likely N-dealkylation sites (tertiary alicyclic amines) is 1. The van der Waals surface area contributed by atoms with Gasteiger partial charge in [-0.25, -0.2) is 9.78 Å². The van der Waals surface area contributed by atoms with Crippen LogP contribution in [0.3, 0.4) is 0 Å². The van der Waals surface area contributed by atoms with Crippen molar-refractivity contribution in [3.63, 3.8) is 0 Å². The second-order valence-electron chi connectivity index (χ2n) is 5.60. The van der Waals surface area contributed by atoms with Crippen LogP contribution in [0.1, 0.15) is 45.3 Å². The third kappa shape index (κ3) is 3.65. The van der Waals surface area contributed by atoms with E-state index in [9.17, 15) is 4.79 Å². The van der Waals surface area contributed by atoms with Gasteiger partial charge >= 0.3 is 6.09 Å². The molecule has 0 bridgehead atoms. The van der Waals surface area contributed by atoms with Crippen molar-refractivity contribution in [3.8, 4) is 0 Å². The van der Waals surface area contributed by atoms with E-state index >= 15 is 0 Å². The zero-order valence-corrected chi connectivity index (χ0v) is 13.0. The Morgan fingerprint density at radius 3 is 2.74 bits per heavy atom. The summed E-state index contributed by atoms with van der Waals surface area (Å²) >= 11 is 3.26. The lowest BCUT2D eigenvalue weighted by Crippen LogP contribution is -2.36. The number of nitrogens with zero attached hydrogens (tertiary/aromatic N) is 3. The van der Waals surface area contributed by atoms with Crippen molar-refractivity contribution >= 4 is 22.0 Å². The summed E-state index contributed by atoms with van der Waals surface area (Å²) in [5.41, 5.74) is 0.335. The van der Waals surface area contributed by atoms with Gasteiger partial charge in [-0.15, -0.1) is 0 Å². The molecule has 1 aliphatic rings. The van der Waals surface area contributed by atoms with Gasteiger partial charge in [-0.1, -0.05) is 0 Å². The van der Waals surface area contributed by atoms with Crippen LogP contribution in [-0.4, -0.2) is 33.1 Å². The zero-order chi connectivity index (χ0) is 14.0. The first-order valence-electron chi connectivity index (χ1n) is 6.34. The normalized spacial score (nSPS) is 19.6. The van der Waals surface area contributed by atoms with E-state index in [1.807, 2.05) is 20.8 Å². The quantitative estimate of drug-likeness (QED) is 0.794. The van der Waals surface area contributed by atoms with E-state index in [0.29, 0.717) is 11.1 Å². The van der Waals surface area contributed by atoms with Crippen LogP contribution in [0.25, 0.3) is 0 Å². The highest BCUT2D eigenvalue weighted by Crippen LogP contribution is 2.31. The number of carbonyl (C=O) groups is 1. The molecule has 1 aliphatic heterocycles. The van der Waals surface area contributed by atoms with E-state index in [1.54, 1.807) is 17.3 Å². The van der Waals surface area contributed by atoms with Crippen molar-refractivity contribution in [2.75, 3.05) is 6.54 Å². The first-order valence-corrected chi connectivity index (χ1v) is 7.13. The predicted octanol–water partition coefficient (Wildman–Crippen LogP) is 3.31. The number of hydrogen-bond acceptors (Lipinski definition) is 4. The monoisotopic (exact) mass is 327 g/mol. The molecule has 0 radical (unpaired) electrons. The lowest BCUT2D eigenvalue weighted by molar-refractivity contribution is 0.0221. The average Bonchev–Trinajstić information content (AvgIpc) is 2.76. The first kappa shape index (κ1) is 14.2. The number of amides is 1. The SMILES string of the molecule is CC(C)(C)OC(=O)N1CCCC1c1cnc(Br)cn1. The van der Waals surface area contributed by atoms with E-state index in [1.165, 1.54) is 0 Å². The Balaban J connectivity index is 2.12. The van der Waals surface area contributed by atoms with Gasteiger partial charge in [0.25, 0.3) is 0 Å². The molecular weight excluding hydrogens is 310 g/mol. The highest BCUT2D eigenvalue weighted by Gasteiger charge is 2.33. The second kappa shape index (κ2) is 5.45. The van der Waals surface area contributed by atoms with E-state index in [0.717, 1.165) is 18.5 Å². The molecule has 1 aromatic rings. The fourth-order valence-corrected chi connectivity index (χ4v) is 2.31. The van der Waals surface area contributed by atoms with Gasteiger partial charge in [-0.3, -0.25) is 9.88 Å². The molecule has 0 aliphatic carbocycles. The summed E-state index contributed by atoms with van der Waals surface area (Å²) in [4.78, 5) is 22.4. The molecular formula is C13H18BrN3O2. The van der Waals surface area contributed by atoms with Crippen molar-refractivity contribution in [1.82, 2.24) is 14.9 Å². The zero-order valence-electron chi connectivity index (χ0n) is 11.4. The maximum absolute atomic E-state index is 12.2. The summed E-state index contributed by atoms with van der Waals surface area (Å²) in [6, 6.07) is -0.0320. The molecule has 1 unspecified atom stereocenters. The van der Waals surface area contributed by atoms with Gasteiger partial charge in [0.1, 0.15) is 10.2 Å². The van der Waals surface area contributed by atoms with Crippen molar-refractivity contribution in [2.24, 2.45) is 0 Å². The Kier molecular flexibility index (Phi) is 4.08. The minimum absolute atomic E-state index is 0.0320. The third-order valence-corrected chi connectivity index (χ3v) is 3.27. The van der Waals surface area contributed by atoms with Crippen molar-refractivity contribution in [3.05, 3.63) is 22.7 Å².